The lowest BCUT2D eigenvalue weighted by Gasteiger charge is -2.09. The van der Waals surface area contributed by atoms with Crippen molar-refractivity contribution < 1.29 is 4.39 Å². The van der Waals surface area contributed by atoms with Crippen molar-refractivity contribution in [3.05, 3.63) is 34.1 Å². The van der Waals surface area contributed by atoms with Gasteiger partial charge in [-0.15, -0.1) is 0 Å². The molecule has 1 atom stereocenters. The maximum absolute atomic E-state index is 13.3. The molecular formula is C10H12BrF. The van der Waals surface area contributed by atoms with E-state index in [4.69, 9.17) is 0 Å². The van der Waals surface area contributed by atoms with Gasteiger partial charge in [0.2, 0.25) is 0 Å². The lowest BCUT2D eigenvalue weighted by Crippen LogP contribution is -1.95. The maximum atomic E-state index is 13.3. The Morgan fingerprint density at radius 2 is 2.17 bits per heavy atom. The summed E-state index contributed by atoms with van der Waals surface area (Å²) < 4.78 is 14.1. The van der Waals surface area contributed by atoms with E-state index >= 15 is 0 Å². The van der Waals surface area contributed by atoms with Gasteiger partial charge in [-0.2, -0.15) is 0 Å². The van der Waals surface area contributed by atoms with Gasteiger partial charge in [-0.25, -0.2) is 4.39 Å². The summed E-state index contributed by atoms with van der Waals surface area (Å²) in [5.74, 6) is 0.192. The standard InChI is InChI=1S/C10H12BrF/c1-3-7(2)9-5-4-8(11)6-10(9)12/h4-7H,3H2,1-2H3. The Balaban J connectivity index is 3.01. The molecular weight excluding hydrogens is 219 g/mol. The number of halogens is 2. The molecule has 2 heteroatoms. The van der Waals surface area contributed by atoms with Crippen LogP contribution in [0.2, 0.25) is 0 Å². The zero-order chi connectivity index (χ0) is 9.14. The van der Waals surface area contributed by atoms with Crippen molar-refractivity contribution in [1.82, 2.24) is 0 Å². The molecule has 1 aromatic carbocycles. The molecule has 1 rings (SSSR count). The van der Waals surface area contributed by atoms with Crippen LogP contribution in [0.25, 0.3) is 0 Å². The second-order valence-electron chi connectivity index (χ2n) is 2.98. The third kappa shape index (κ3) is 2.07. The van der Waals surface area contributed by atoms with Crippen LogP contribution in [0.3, 0.4) is 0 Å². The lowest BCUT2D eigenvalue weighted by atomic mass is 9.98. The van der Waals surface area contributed by atoms with Crippen molar-refractivity contribution in [1.29, 1.82) is 0 Å². The van der Waals surface area contributed by atoms with E-state index in [0.29, 0.717) is 5.92 Å². The van der Waals surface area contributed by atoms with Crippen molar-refractivity contribution in [2.45, 2.75) is 26.2 Å². The molecule has 1 unspecified atom stereocenters. The van der Waals surface area contributed by atoms with Crippen LogP contribution in [0, 0.1) is 5.82 Å². The van der Waals surface area contributed by atoms with Crippen LogP contribution in [0.1, 0.15) is 31.7 Å². The first-order valence-electron chi connectivity index (χ1n) is 4.10. The van der Waals surface area contributed by atoms with Crippen molar-refractivity contribution in [3.63, 3.8) is 0 Å². The zero-order valence-electron chi connectivity index (χ0n) is 7.27. The summed E-state index contributed by atoms with van der Waals surface area (Å²) in [5, 5.41) is 0. The molecule has 0 aliphatic rings. The third-order valence-corrected chi connectivity index (χ3v) is 2.60. The third-order valence-electron chi connectivity index (χ3n) is 2.11. The van der Waals surface area contributed by atoms with Crippen LogP contribution in [0.5, 0.6) is 0 Å². The molecule has 1 aromatic rings. The van der Waals surface area contributed by atoms with E-state index in [1.54, 1.807) is 0 Å². The fraction of sp³-hybridized carbons (Fsp3) is 0.400. The second-order valence-corrected chi connectivity index (χ2v) is 3.89. The Labute approximate surface area is 80.9 Å². The normalized spacial score (nSPS) is 13.0. The first kappa shape index (κ1) is 9.72. The molecule has 0 spiro atoms. The average molecular weight is 231 g/mol. The molecule has 12 heavy (non-hydrogen) atoms. The first-order chi connectivity index (χ1) is 5.65. The van der Waals surface area contributed by atoms with Crippen molar-refractivity contribution >= 4 is 15.9 Å². The summed E-state index contributed by atoms with van der Waals surface area (Å²) in [7, 11) is 0. The van der Waals surface area contributed by atoms with E-state index in [-0.39, 0.29) is 5.82 Å². The molecule has 0 N–H and O–H groups in total. The highest BCUT2D eigenvalue weighted by atomic mass is 79.9. The Bertz CT molecular complexity index is 271. The fourth-order valence-corrected chi connectivity index (χ4v) is 1.45. The van der Waals surface area contributed by atoms with Crippen LogP contribution < -0.4 is 0 Å². The smallest absolute Gasteiger partial charge is 0.127 e. The number of hydrogen-bond acceptors (Lipinski definition) is 0. The highest BCUT2D eigenvalue weighted by molar-refractivity contribution is 9.10. The SMILES string of the molecule is CCC(C)c1ccc(Br)cc1F. The highest BCUT2D eigenvalue weighted by Crippen LogP contribution is 2.24. The van der Waals surface area contributed by atoms with E-state index in [2.05, 4.69) is 22.9 Å². The summed E-state index contributed by atoms with van der Waals surface area (Å²) in [6, 6.07) is 5.24. The van der Waals surface area contributed by atoms with Crippen LogP contribution in [0.4, 0.5) is 4.39 Å². The quantitative estimate of drug-likeness (QED) is 0.718. The van der Waals surface area contributed by atoms with Gasteiger partial charge in [-0.1, -0.05) is 35.8 Å². The van der Waals surface area contributed by atoms with Crippen LogP contribution in [0.15, 0.2) is 22.7 Å². The number of rotatable bonds is 2. The fourth-order valence-electron chi connectivity index (χ4n) is 1.12. The van der Waals surface area contributed by atoms with Gasteiger partial charge in [0.25, 0.3) is 0 Å². The topological polar surface area (TPSA) is 0 Å². The molecule has 0 fully saturated rings. The average Bonchev–Trinajstić information content (AvgIpc) is 2.03. The molecule has 0 nitrogen and oxygen atoms in total. The number of hydrogen-bond donors (Lipinski definition) is 0. The van der Waals surface area contributed by atoms with Crippen LogP contribution in [-0.2, 0) is 0 Å². The van der Waals surface area contributed by atoms with Gasteiger partial charge in [0.05, 0.1) is 0 Å². The maximum Gasteiger partial charge on any atom is 0.127 e. The predicted molar refractivity (Wildman–Crippen MR) is 52.8 cm³/mol. The Morgan fingerprint density at radius 1 is 1.50 bits per heavy atom. The van der Waals surface area contributed by atoms with Crippen molar-refractivity contribution in [2.75, 3.05) is 0 Å². The largest absolute Gasteiger partial charge is 0.207 e. The molecule has 0 saturated carbocycles. The first-order valence-corrected chi connectivity index (χ1v) is 4.89. The van der Waals surface area contributed by atoms with Gasteiger partial charge in [0.1, 0.15) is 5.82 Å². The summed E-state index contributed by atoms with van der Waals surface area (Å²) in [4.78, 5) is 0. The Hall–Kier alpha value is -0.370. The van der Waals surface area contributed by atoms with Gasteiger partial charge in [0.15, 0.2) is 0 Å². The molecule has 0 aliphatic heterocycles. The minimum Gasteiger partial charge on any atom is -0.207 e. The zero-order valence-corrected chi connectivity index (χ0v) is 8.86. The van der Waals surface area contributed by atoms with E-state index in [9.17, 15) is 4.39 Å². The van der Waals surface area contributed by atoms with Crippen molar-refractivity contribution in [2.24, 2.45) is 0 Å². The molecule has 0 bridgehead atoms. The van der Waals surface area contributed by atoms with Gasteiger partial charge in [-0.05, 0) is 30.0 Å². The minimum absolute atomic E-state index is 0.112. The lowest BCUT2D eigenvalue weighted by molar-refractivity contribution is 0.583. The van der Waals surface area contributed by atoms with Crippen LogP contribution >= 0.6 is 15.9 Å². The molecule has 0 aliphatic carbocycles. The second kappa shape index (κ2) is 4.04. The highest BCUT2D eigenvalue weighted by Gasteiger charge is 2.08. The van der Waals surface area contributed by atoms with E-state index in [0.717, 1.165) is 16.5 Å². The number of benzene rings is 1. The van der Waals surface area contributed by atoms with Gasteiger partial charge in [-0.3, -0.25) is 0 Å². The molecule has 0 radical (unpaired) electrons. The predicted octanol–water partition coefficient (Wildman–Crippen LogP) is 4.10. The summed E-state index contributed by atoms with van der Waals surface area (Å²) >= 11 is 3.23. The Kier molecular flexibility index (Phi) is 3.27. The molecule has 0 aromatic heterocycles. The monoisotopic (exact) mass is 230 g/mol. The molecule has 0 saturated heterocycles. The van der Waals surface area contributed by atoms with Crippen molar-refractivity contribution in [3.8, 4) is 0 Å². The van der Waals surface area contributed by atoms with Gasteiger partial charge < -0.3 is 0 Å². The van der Waals surface area contributed by atoms with E-state index in [1.165, 1.54) is 6.07 Å². The summed E-state index contributed by atoms with van der Waals surface area (Å²) in [6.45, 7) is 4.10. The molecule has 66 valence electrons. The van der Waals surface area contributed by atoms with E-state index < -0.39 is 0 Å². The van der Waals surface area contributed by atoms with Crippen LogP contribution in [-0.4, -0.2) is 0 Å². The summed E-state index contributed by atoms with van der Waals surface area (Å²) in [5.41, 5.74) is 0.806. The van der Waals surface area contributed by atoms with Gasteiger partial charge in [0, 0.05) is 4.47 Å². The Morgan fingerprint density at radius 3 is 2.67 bits per heavy atom. The van der Waals surface area contributed by atoms with E-state index in [1.807, 2.05) is 19.1 Å². The molecule has 0 amide bonds. The van der Waals surface area contributed by atoms with Gasteiger partial charge >= 0.3 is 0 Å². The summed E-state index contributed by atoms with van der Waals surface area (Å²) in [6.07, 6.45) is 0.971. The molecule has 0 heterocycles. The minimum atomic E-state index is -0.112.